The molecule has 2 N–H and O–H groups in total. The molecule has 0 atom stereocenters. The van der Waals surface area contributed by atoms with Gasteiger partial charge in [0.15, 0.2) is 0 Å². The van der Waals surface area contributed by atoms with Gasteiger partial charge in [-0.05, 0) is 18.2 Å². The average Bonchev–Trinajstić information content (AvgIpc) is 2.11. The van der Waals surface area contributed by atoms with E-state index in [9.17, 15) is 13.6 Å². The summed E-state index contributed by atoms with van der Waals surface area (Å²) >= 11 is 0. The first-order valence-corrected chi connectivity index (χ1v) is 3.95. The van der Waals surface area contributed by atoms with Gasteiger partial charge in [-0.3, -0.25) is 0 Å². The molecule has 5 heteroatoms. The van der Waals surface area contributed by atoms with Gasteiger partial charge in [-0.2, -0.15) is 0 Å². The number of nitrogens with two attached hydrogens (primary N) is 1. The molecule has 0 aliphatic heterocycles. The molecule has 0 saturated heterocycles. The van der Waals surface area contributed by atoms with Gasteiger partial charge >= 0.3 is 6.03 Å². The summed E-state index contributed by atoms with van der Waals surface area (Å²) in [5.41, 5.74) is 5.05. The van der Waals surface area contributed by atoms with Crippen LogP contribution >= 0.6 is 0 Å². The Balaban J connectivity index is 2.85. The highest BCUT2D eigenvalue weighted by molar-refractivity contribution is 5.71. The molecule has 0 spiro atoms. The standard InChI is InChI=1S/C9H10F2N2O/c1-13(9(12)14)5-6-4-7(10)2-3-8(6)11/h2-4H,5H2,1H3,(H2,12,14). The zero-order valence-corrected chi connectivity index (χ0v) is 7.63. The fourth-order valence-corrected chi connectivity index (χ4v) is 0.998. The quantitative estimate of drug-likeness (QED) is 0.772. The van der Waals surface area contributed by atoms with Gasteiger partial charge in [-0.25, -0.2) is 13.6 Å². The third-order valence-electron chi connectivity index (χ3n) is 1.79. The van der Waals surface area contributed by atoms with Crippen LogP contribution in [-0.2, 0) is 6.54 Å². The summed E-state index contributed by atoms with van der Waals surface area (Å²) in [5.74, 6) is -1.10. The number of benzene rings is 1. The SMILES string of the molecule is CN(Cc1cc(F)ccc1F)C(N)=O. The Bertz CT molecular complexity index is 355. The van der Waals surface area contributed by atoms with Crippen molar-refractivity contribution >= 4 is 6.03 Å². The van der Waals surface area contributed by atoms with Crippen molar-refractivity contribution in [1.82, 2.24) is 4.90 Å². The predicted octanol–water partition coefficient (Wildman–Crippen LogP) is 1.48. The third-order valence-corrected chi connectivity index (χ3v) is 1.79. The first-order valence-electron chi connectivity index (χ1n) is 3.95. The fraction of sp³-hybridized carbons (Fsp3) is 0.222. The molecule has 1 rings (SSSR count). The van der Waals surface area contributed by atoms with E-state index >= 15 is 0 Å². The number of carbonyl (C=O) groups excluding carboxylic acids is 1. The van der Waals surface area contributed by atoms with Crippen LogP contribution < -0.4 is 5.73 Å². The number of rotatable bonds is 2. The minimum absolute atomic E-state index is 0.0427. The second-order valence-corrected chi connectivity index (χ2v) is 2.93. The number of urea groups is 1. The molecular formula is C9H10F2N2O. The lowest BCUT2D eigenvalue weighted by atomic mass is 10.2. The summed E-state index contributed by atoms with van der Waals surface area (Å²) in [7, 11) is 1.41. The van der Waals surface area contributed by atoms with Gasteiger partial charge in [0.1, 0.15) is 11.6 Å². The Hall–Kier alpha value is -1.65. The van der Waals surface area contributed by atoms with E-state index in [-0.39, 0.29) is 12.1 Å². The maximum absolute atomic E-state index is 13.0. The summed E-state index contributed by atoms with van der Waals surface area (Å²) in [4.78, 5) is 11.7. The Morgan fingerprint density at radius 3 is 2.71 bits per heavy atom. The topological polar surface area (TPSA) is 46.3 Å². The number of primary amides is 1. The molecule has 0 heterocycles. The first kappa shape index (κ1) is 10.4. The molecule has 1 aromatic rings. The second-order valence-electron chi connectivity index (χ2n) is 2.93. The lowest BCUT2D eigenvalue weighted by Crippen LogP contribution is -2.31. The van der Waals surface area contributed by atoms with E-state index in [2.05, 4.69) is 0 Å². The number of carbonyl (C=O) groups is 1. The van der Waals surface area contributed by atoms with E-state index in [1.807, 2.05) is 0 Å². The summed E-state index contributed by atoms with van der Waals surface area (Å²) in [6.45, 7) is -0.0427. The van der Waals surface area contributed by atoms with Crippen molar-refractivity contribution in [2.45, 2.75) is 6.54 Å². The average molecular weight is 200 g/mol. The van der Waals surface area contributed by atoms with E-state index in [0.717, 1.165) is 23.1 Å². The number of amides is 2. The van der Waals surface area contributed by atoms with Crippen LogP contribution in [0.15, 0.2) is 18.2 Å². The molecule has 0 unspecified atom stereocenters. The van der Waals surface area contributed by atoms with E-state index in [1.54, 1.807) is 0 Å². The monoisotopic (exact) mass is 200 g/mol. The molecule has 0 fully saturated rings. The molecule has 0 bridgehead atoms. The Kier molecular flexibility index (Phi) is 3.01. The fourth-order valence-electron chi connectivity index (χ4n) is 0.998. The second kappa shape index (κ2) is 4.04. The molecule has 0 aromatic heterocycles. The van der Waals surface area contributed by atoms with E-state index in [1.165, 1.54) is 7.05 Å². The van der Waals surface area contributed by atoms with Crippen molar-refractivity contribution < 1.29 is 13.6 Å². The molecule has 0 saturated carbocycles. The Morgan fingerprint density at radius 2 is 2.14 bits per heavy atom. The lowest BCUT2D eigenvalue weighted by Gasteiger charge is -2.14. The predicted molar refractivity (Wildman–Crippen MR) is 47.4 cm³/mol. The van der Waals surface area contributed by atoms with Crippen LogP contribution in [0.5, 0.6) is 0 Å². The molecule has 2 amide bonds. The number of nitrogens with zero attached hydrogens (tertiary/aromatic N) is 1. The molecule has 14 heavy (non-hydrogen) atoms. The third kappa shape index (κ3) is 2.42. The van der Waals surface area contributed by atoms with E-state index < -0.39 is 17.7 Å². The first-order chi connectivity index (χ1) is 6.50. The van der Waals surface area contributed by atoms with Crippen molar-refractivity contribution in [3.8, 4) is 0 Å². The van der Waals surface area contributed by atoms with Crippen LogP contribution in [0, 0.1) is 11.6 Å². The van der Waals surface area contributed by atoms with Gasteiger partial charge in [-0.15, -0.1) is 0 Å². The highest BCUT2D eigenvalue weighted by Crippen LogP contribution is 2.11. The minimum atomic E-state index is -0.686. The summed E-state index contributed by atoms with van der Waals surface area (Å²) in [5, 5.41) is 0. The molecule has 0 aliphatic carbocycles. The van der Waals surface area contributed by atoms with Crippen LogP contribution in [0.2, 0.25) is 0 Å². The molecule has 3 nitrogen and oxygen atoms in total. The zero-order valence-electron chi connectivity index (χ0n) is 7.63. The number of hydrogen-bond acceptors (Lipinski definition) is 1. The molecular weight excluding hydrogens is 190 g/mol. The highest BCUT2D eigenvalue weighted by atomic mass is 19.1. The number of halogens is 2. The zero-order chi connectivity index (χ0) is 10.7. The van der Waals surface area contributed by atoms with Crippen molar-refractivity contribution in [3.63, 3.8) is 0 Å². The van der Waals surface area contributed by atoms with Crippen LogP contribution in [0.3, 0.4) is 0 Å². The smallest absolute Gasteiger partial charge is 0.314 e. The molecule has 1 aromatic carbocycles. The van der Waals surface area contributed by atoms with Crippen molar-refractivity contribution in [2.75, 3.05) is 7.05 Å². The van der Waals surface area contributed by atoms with Crippen LogP contribution in [0.1, 0.15) is 5.56 Å². The molecule has 0 aliphatic rings. The van der Waals surface area contributed by atoms with Crippen molar-refractivity contribution in [1.29, 1.82) is 0 Å². The van der Waals surface area contributed by atoms with Gasteiger partial charge in [0.25, 0.3) is 0 Å². The van der Waals surface area contributed by atoms with Crippen LogP contribution in [-0.4, -0.2) is 18.0 Å². The Morgan fingerprint density at radius 1 is 1.50 bits per heavy atom. The maximum atomic E-state index is 13.0. The van der Waals surface area contributed by atoms with Gasteiger partial charge in [0.05, 0.1) is 6.54 Å². The minimum Gasteiger partial charge on any atom is -0.351 e. The van der Waals surface area contributed by atoms with Gasteiger partial charge in [-0.1, -0.05) is 0 Å². The normalized spacial score (nSPS) is 9.93. The summed E-state index contributed by atoms with van der Waals surface area (Å²) in [6.07, 6.45) is 0. The maximum Gasteiger partial charge on any atom is 0.314 e. The largest absolute Gasteiger partial charge is 0.351 e. The number of hydrogen-bond donors (Lipinski definition) is 1. The highest BCUT2D eigenvalue weighted by Gasteiger charge is 2.09. The van der Waals surface area contributed by atoms with Crippen molar-refractivity contribution in [3.05, 3.63) is 35.4 Å². The summed E-state index contributed by atoms with van der Waals surface area (Å²) in [6, 6.07) is 2.38. The lowest BCUT2D eigenvalue weighted by molar-refractivity contribution is 0.216. The molecule has 76 valence electrons. The summed E-state index contributed by atoms with van der Waals surface area (Å²) < 4.78 is 25.7. The van der Waals surface area contributed by atoms with Gasteiger partial charge in [0, 0.05) is 12.6 Å². The van der Waals surface area contributed by atoms with E-state index in [0.29, 0.717) is 0 Å². The Labute approximate surface area is 80.1 Å². The van der Waals surface area contributed by atoms with E-state index in [4.69, 9.17) is 5.73 Å². The van der Waals surface area contributed by atoms with Gasteiger partial charge < -0.3 is 10.6 Å². The molecule has 0 radical (unpaired) electrons. The van der Waals surface area contributed by atoms with Gasteiger partial charge in [0.2, 0.25) is 0 Å². The van der Waals surface area contributed by atoms with Crippen molar-refractivity contribution in [2.24, 2.45) is 5.73 Å². The van der Waals surface area contributed by atoms with Crippen LogP contribution in [0.25, 0.3) is 0 Å². The van der Waals surface area contributed by atoms with Crippen LogP contribution in [0.4, 0.5) is 13.6 Å².